The maximum absolute atomic E-state index is 13.5. The van der Waals surface area contributed by atoms with E-state index >= 15 is 0 Å². The molecule has 0 spiro atoms. The van der Waals surface area contributed by atoms with Crippen LogP contribution in [0.3, 0.4) is 0 Å². The molecule has 1 amide bonds. The van der Waals surface area contributed by atoms with Gasteiger partial charge in [-0.3, -0.25) is 4.79 Å². The molecule has 2 rings (SSSR count). The number of aryl methyl sites for hydroxylation is 1. The Hall–Kier alpha value is -1.96. The van der Waals surface area contributed by atoms with Gasteiger partial charge in [0, 0.05) is 17.4 Å². The minimum Gasteiger partial charge on any atom is -0.302 e. The van der Waals surface area contributed by atoms with Crippen LogP contribution < -0.4 is 5.32 Å². The molecule has 1 heterocycles. The van der Waals surface area contributed by atoms with Crippen LogP contribution in [0.4, 0.5) is 22.7 Å². The van der Waals surface area contributed by atoms with E-state index in [4.69, 9.17) is 0 Å². The Kier molecular flexibility index (Phi) is 4.50. The number of anilines is 1. The molecule has 3 nitrogen and oxygen atoms in total. The summed E-state index contributed by atoms with van der Waals surface area (Å²) in [6.07, 6.45) is -4.13. The number of benzene rings is 1. The second kappa shape index (κ2) is 6.04. The Bertz CT molecular complexity index is 709. The van der Waals surface area contributed by atoms with Gasteiger partial charge in [-0.15, -0.1) is 11.3 Å². The molecule has 0 saturated carbocycles. The monoisotopic (exact) mass is 332 g/mol. The van der Waals surface area contributed by atoms with Gasteiger partial charge in [-0.25, -0.2) is 9.37 Å². The molecule has 1 aromatic carbocycles. The number of alkyl halides is 3. The Morgan fingerprint density at radius 2 is 2.00 bits per heavy atom. The Morgan fingerprint density at radius 3 is 2.55 bits per heavy atom. The second-order valence-electron chi connectivity index (χ2n) is 4.55. The Labute approximate surface area is 128 Å². The molecular formula is C14H12F4N2OS. The summed E-state index contributed by atoms with van der Waals surface area (Å²) in [5.74, 6) is -1.32. The molecule has 0 aliphatic carbocycles. The zero-order chi connectivity index (χ0) is 16.5. The SMILES string of the molecule is CCc1sc(NC(C)=O)nc1-c1cc(F)cc(C(F)(F)F)c1. The first kappa shape index (κ1) is 16.4. The summed E-state index contributed by atoms with van der Waals surface area (Å²) in [6, 6.07) is 2.30. The minimum absolute atomic E-state index is 0.0389. The average Bonchev–Trinajstić information content (AvgIpc) is 2.79. The molecule has 0 unspecified atom stereocenters. The number of hydrogen-bond donors (Lipinski definition) is 1. The van der Waals surface area contributed by atoms with Crippen LogP contribution in [-0.4, -0.2) is 10.9 Å². The van der Waals surface area contributed by atoms with Crippen molar-refractivity contribution in [3.05, 3.63) is 34.5 Å². The van der Waals surface area contributed by atoms with Crippen molar-refractivity contribution >= 4 is 22.4 Å². The predicted octanol–water partition coefficient (Wildman–Crippen LogP) is 4.49. The van der Waals surface area contributed by atoms with Crippen molar-refractivity contribution in [1.29, 1.82) is 0 Å². The number of halogens is 4. The van der Waals surface area contributed by atoms with Crippen molar-refractivity contribution in [1.82, 2.24) is 4.98 Å². The molecule has 0 atom stereocenters. The summed E-state index contributed by atoms with van der Waals surface area (Å²) >= 11 is 1.16. The van der Waals surface area contributed by atoms with Gasteiger partial charge in [0.05, 0.1) is 11.3 Å². The van der Waals surface area contributed by atoms with Gasteiger partial charge in [0.2, 0.25) is 5.91 Å². The highest BCUT2D eigenvalue weighted by molar-refractivity contribution is 7.16. The van der Waals surface area contributed by atoms with Crippen LogP contribution >= 0.6 is 11.3 Å². The minimum atomic E-state index is -4.64. The first-order chi connectivity index (χ1) is 10.2. The highest BCUT2D eigenvalue weighted by atomic mass is 32.1. The van der Waals surface area contributed by atoms with E-state index in [1.54, 1.807) is 6.92 Å². The molecule has 0 aliphatic heterocycles. The molecule has 0 saturated heterocycles. The third-order valence-corrected chi connectivity index (χ3v) is 3.92. The van der Waals surface area contributed by atoms with E-state index in [0.29, 0.717) is 17.4 Å². The predicted molar refractivity (Wildman–Crippen MR) is 76.2 cm³/mol. The normalized spacial score (nSPS) is 11.5. The van der Waals surface area contributed by atoms with Crippen molar-refractivity contribution < 1.29 is 22.4 Å². The van der Waals surface area contributed by atoms with Crippen LogP contribution in [0.15, 0.2) is 18.2 Å². The van der Waals surface area contributed by atoms with E-state index in [1.807, 2.05) is 0 Å². The van der Waals surface area contributed by atoms with Crippen LogP contribution in [0.2, 0.25) is 0 Å². The zero-order valence-electron chi connectivity index (χ0n) is 11.7. The van der Waals surface area contributed by atoms with Gasteiger partial charge in [-0.2, -0.15) is 13.2 Å². The van der Waals surface area contributed by atoms with E-state index in [-0.39, 0.29) is 22.3 Å². The van der Waals surface area contributed by atoms with Gasteiger partial charge in [0.25, 0.3) is 0 Å². The van der Waals surface area contributed by atoms with Gasteiger partial charge in [-0.05, 0) is 24.6 Å². The number of nitrogens with one attached hydrogen (secondary N) is 1. The van der Waals surface area contributed by atoms with Gasteiger partial charge in [0.1, 0.15) is 5.82 Å². The number of nitrogens with zero attached hydrogens (tertiary/aromatic N) is 1. The summed E-state index contributed by atoms with van der Waals surface area (Å²) in [7, 11) is 0. The van der Waals surface area contributed by atoms with Crippen molar-refractivity contribution in [2.24, 2.45) is 0 Å². The topological polar surface area (TPSA) is 42.0 Å². The van der Waals surface area contributed by atoms with E-state index < -0.39 is 17.6 Å². The standard InChI is InChI=1S/C14H12F4N2OS/c1-3-11-12(20-13(22-11)19-7(2)21)8-4-9(14(16,17)18)6-10(15)5-8/h4-6H,3H2,1-2H3,(H,19,20,21). The van der Waals surface area contributed by atoms with E-state index in [9.17, 15) is 22.4 Å². The van der Waals surface area contributed by atoms with Crippen LogP contribution in [-0.2, 0) is 17.4 Å². The van der Waals surface area contributed by atoms with Crippen LogP contribution in [0.25, 0.3) is 11.3 Å². The third-order valence-electron chi connectivity index (χ3n) is 2.80. The molecule has 0 aliphatic rings. The maximum atomic E-state index is 13.5. The number of hydrogen-bond acceptors (Lipinski definition) is 3. The van der Waals surface area contributed by atoms with Gasteiger partial charge >= 0.3 is 6.18 Å². The molecular weight excluding hydrogens is 320 g/mol. The van der Waals surface area contributed by atoms with E-state index in [2.05, 4.69) is 10.3 Å². The van der Waals surface area contributed by atoms with Gasteiger partial charge in [-0.1, -0.05) is 6.92 Å². The van der Waals surface area contributed by atoms with E-state index in [1.165, 1.54) is 6.92 Å². The number of carbonyl (C=O) groups excluding carboxylic acids is 1. The number of carbonyl (C=O) groups is 1. The third kappa shape index (κ3) is 3.62. The summed E-state index contributed by atoms with van der Waals surface area (Å²) in [6.45, 7) is 3.11. The molecule has 1 N–H and O–H groups in total. The van der Waals surface area contributed by atoms with Gasteiger partial charge < -0.3 is 5.32 Å². The van der Waals surface area contributed by atoms with E-state index in [0.717, 1.165) is 23.5 Å². The summed E-state index contributed by atoms with van der Waals surface area (Å²) in [4.78, 5) is 15.8. The quantitative estimate of drug-likeness (QED) is 0.842. The Morgan fingerprint density at radius 1 is 1.32 bits per heavy atom. The lowest BCUT2D eigenvalue weighted by atomic mass is 10.1. The first-order valence-corrected chi connectivity index (χ1v) is 7.17. The Balaban J connectivity index is 2.53. The largest absolute Gasteiger partial charge is 0.416 e. The molecule has 8 heteroatoms. The highest BCUT2D eigenvalue weighted by Gasteiger charge is 2.32. The molecule has 0 fully saturated rings. The molecule has 0 radical (unpaired) electrons. The smallest absolute Gasteiger partial charge is 0.302 e. The molecule has 22 heavy (non-hydrogen) atoms. The highest BCUT2D eigenvalue weighted by Crippen LogP contribution is 2.36. The fraction of sp³-hybridized carbons (Fsp3) is 0.286. The van der Waals surface area contributed by atoms with Crippen LogP contribution in [0.1, 0.15) is 24.3 Å². The zero-order valence-corrected chi connectivity index (χ0v) is 12.5. The van der Waals surface area contributed by atoms with Crippen molar-refractivity contribution in [2.45, 2.75) is 26.4 Å². The molecule has 0 bridgehead atoms. The van der Waals surface area contributed by atoms with Gasteiger partial charge in [0.15, 0.2) is 5.13 Å². The molecule has 118 valence electrons. The average molecular weight is 332 g/mol. The van der Waals surface area contributed by atoms with Crippen LogP contribution in [0, 0.1) is 5.82 Å². The maximum Gasteiger partial charge on any atom is 0.416 e. The summed E-state index contributed by atoms with van der Waals surface area (Å²) in [5, 5.41) is 2.76. The van der Waals surface area contributed by atoms with Crippen molar-refractivity contribution in [3.63, 3.8) is 0 Å². The van der Waals surface area contributed by atoms with Crippen LogP contribution in [0.5, 0.6) is 0 Å². The summed E-state index contributed by atoms with van der Waals surface area (Å²) < 4.78 is 51.8. The fourth-order valence-electron chi connectivity index (χ4n) is 1.91. The lowest BCUT2D eigenvalue weighted by Gasteiger charge is -2.09. The summed E-state index contributed by atoms with van der Waals surface area (Å²) in [5.41, 5.74) is -0.781. The van der Waals surface area contributed by atoms with Crippen molar-refractivity contribution in [2.75, 3.05) is 5.32 Å². The second-order valence-corrected chi connectivity index (χ2v) is 5.64. The molecule has 2 aromatic rings. The molecule has 1 aromatic heterocycles. The lowest BCUT2D eigenvalue weighted by Crippen LogP contribution is -2.06. The van der Waals surface area contributed by atoms with Crippen molar-refractivity contribution in [3.8, 4) is 11.3 Å². The number of amides is 1. The number of thiazole rings is 1. The number of rotatable bonds is 3. The fourth-order valence-corrected chi connectivity index (χ4v) is 2.88. The number of aromatic nitrogens is 1. The lowest BCUT2D eigenvalue weighted by molar-refractivity contribution is -0.137. The first-order valence-electron chi connectivity index (χ1n) is 6.36.